The minimum Gasteiger partial charge on any atom is -0.368 e. The van der Waals surface area contributed by atoms with E-state index in [0.717, 1.165) is 11.9 Å². The molecule has 1 amide bonds. The van der Waals surface area contributed by atoms with Gasteiger partial charge in [-0.25, -0.2) is 8.42 Å². The zero-order valence-electron chi connectivity index (χ0n) is 15.5. The van der Waals surface area contributed by atoms with Gasteiger partial charge in [0.25, 0.3) is 11.6 Å². The molecule has 0 saturated carbocycles. The number of carbonyl (C=O) groups excluding carboxylic acids is 1. The van der Waals surface area contributed by atoms with Crippen molar-refractivity contribution in [3.05, 3.63) is 63.2 Å². The first-order valence-corrected chi connectivity index (χ1v) is 11.0. The van der Waals surface area contributed by atoms with E-state index in [0.29, 0.717) is 31.7 Å². The standard InChI is InChI=1S/C18H19ClN4O5S/c1-29(27,28)20-17-12-13(2-7-16(17)19)18(24)22-10-8-21(9-11-22)14-3-5-15(6-4-14)23(25)26/h2-7,12,20H,8-11H2,1H3. The summed E-state index contributed by atoms with van der Waals surface area (Å²) in [5.41, 5.74) is 1.38. The molecule has 0 bridgehead atoms. The molecule has 3 rings (SSSR count). The number of benzene rings is 2. The van der Waals surface area contributed by atoms with Gasteiger partial charge < -0.3 is 9.80 Å². The Kier molecular flexibility index (Phi) is 5.94. The zero-order chi connectivity index (χ0) is 21.2. The van der Waals surface area contributed by atoms with Gasteiger partial charge in [0.15, 0.2) is 0 Å². The summed E-state index contributed by atoms with van der Waals surface area (Å²) in [6, 6.07) is 10.8. The number of amides is 1. The summed E-state index contributed by atoms with van der Waals surface area (Å²) in [6.45, 7) is 2.08. The van der Waals surface area contributed by atoms with Gasteiger partial charge in [0.2, 0.25) is 10.0 Å². The van der Waals surface area contributed by atoms with E-state index in [2.05, 4.69) is 4.72 Å². The molecule has 9 nitrogen and oxygen atoms in total. The van der Waals surface area contributed by atoms with E-state index >= 15 is 0 Å². The molecule has 1 N–H and O–H groups in total. The smallest absolute Gasteiger partial charge is 0.269 e. The number of nitrogens with one attached hydrogen (secondary N) is 1. The van der Waals surface area contributed by atoms with Crippen LogP contribution < -0.4 is 9.62 Å². The second-order valence-electron chi connectivity index (χ2n) is 6.62. The van der Waals surface area contributed by atoms with Gasteiger partial charge in [-0.05, 0) is 30.3 Å². The molecule has 0 aromatic heterocycles. The molecule has 0 spiro atoms. The fraction of sp³-hybridized carbons (Fsp3) is 0.278. The number of sulfonamides is 1. The maximum atomic E-state index is 12.8. The number of rotatable bonds is 5. The lowest BCUT2D eigenvalue weighted by Crippen LogP contribution is -2.48. The van der Waals surface area contributed by atoms with Crippen LogP contribution in [0.2, 0.25) is 5.02 Å². The molecule has 0 aliphatic carbocycles. The number of hydrogen-bond donors (Lipinski definition) is 1. The Morgan fingerprint density at radius 3 is 2.28 bits per heavy atom. The van der Waals surface area contributed by atoms with Crippen LogP contribution in [0.1, 0.15) is 10.4 Å². The number of anilines is 2. The van der Waals surface area contributed by atoms with Crippen LogP contribution in [0.15, 0.2) is 42.5 Å². The quantitative estimate of drug-likeness (QED) is 0.567. The first kappa shape index (κ1) is 20.9. The van der Waals surface area contributed by atoms with Crippen LogP contribution in [0.4, 0.5) is 17.1 Å². The fourth-order valence-electron chi connectivity index (χ4n) is 3.07. The number of piperazine rings is 1. The number of non-ortho nitro benzene ring substituents is 1. The van der Waals surface area contributed by atoms with Crippen LogP contribution in [0.5, 0.6) is 0 Å². The Morgan fingerprint density at radius 1 is 1.10 bits per heavy atom. The van der Waals surface area contributed by atoms with Gasteiger partial charge in [-0.3, -0.25) is 19.6 Å². The molecule has 1 saturated heterocycles. The Hall–Kier alpha value is -2.85. The monoisotopic (exact) mass is 438 g/mol. The molecule has 11 heteroatoms. The predicted molar refractivity (Wildman–Crippen MR) is 111 cm³/mol. The molecule has 29 heavy (non-hydrogen) atoms. The highest BCUT2D eigenvalue weighted by atomic mass is 35.5. The first-order chi connectivity index (χ1) is 13.6. The predicted octanol–water partition coefficient (Wildman–Crippen LogP) is 2.58. The van der Waals surface area contributed by atoms with Crippen molar-refractivity contribution >= 4 is 44.6 Å². The van der Waals surface area contributed by atoms with Crippen molar-refractivity contribution in [2.45, 2.75) is 0 Å². The molecule has 2 aromatic rings. The topological polar surface area (TPSA) is 113 Å². The minimum absolute atomic E-state index is 0.0313. The van der Waals surface area contributed by atoms with Gasteiger partial charge in [0, 0.05) is 49.6 Å². The van der Waals surface area contributed by atoms with Crippen LogP contribution in [0, 0.1) is 10.1 Å². The van der Waals surface area contributed by atoms with Crippen LogP contribution >= 0.6 is 11.6 Å². The third-order valence-corrected chi connectivity index (χ3v) is 5.42. The maximum absolute atomic E-state index is 12.8. The molecule has 1 aliphatic heterocycles. The Morgan fingerprint density at radius 2 is 1.72 bits per heavy atom. The van der Waals surface area contributed by atoms with Crippen LogP contribution in [0.25, 0.3) is 0 Å². The highest BCUT2D eigenvalue weighted by Crippen LogP contribution is 2.25. The average Bonchev–Trinajstić information content (AvgIpc) is 2.68. The molecule has 0 atom stereocenters. The Bertz CT molecular complexity index is 1030. The molecule has 1 heterocycles. The van der Waals surface area contributed by atoms with Gasteiger partial charge in [0.1, 0.15) is 0 Å². The maximum Gasteiger partial charge on any atom is 0.269 e. The van der Waals surface area contributed by atoms with Crippen molar-refractivity contribution in [3.8, 4) is 0 Å². The average molecular weight is 439 g/mol. The summed E-state index contributed by atoms with van der Waals surface area (Å²) in [6.07, 6.45) is 1.01. The van der Waals surface area contributed by atoms with E-state index in [9.17, 15) is 23.3 Å². The van der Waals surface area contributed by atoms with E-state index in [-0.39, 0.29) is 22.3 Å². The lowest BCUT2D eigenvalue weighted by Gasteiger charge is -2.36. The third-order valence-electron chi connectivity index (χ3n) is 4.50. The van der Waals surface area contributed by atoms with Gasteiger partial charge in [0.05, 0.1) is 21.9 Å². The molecular formula is C18H19ClN4O5S. The Labute approximate surface area is 173 Å². The number of nitro groups is 1. The van der Waals surface area contributed by atoms with E-state index in [4.69, 9.17) is 11.6 Å². The summed E-state index contributed by atoms with van der Waals surface area (Å²) >= 11 is 6.01. The number of hydrogen-bond acceptors (Lipinski definition) is 6. The number of carbonyl (C=O) groups is 1. The van der Waals surface area contributed by atoms with Crippen LogP contribution in [-0.4, -0.2) is 56.6 Å². The highest BCUT2D eigenvalue weighted by molar-refractivity contribution is 7.92. The van der Waals surface area contributed by atoms with E-state index in [1.807, 2.05) is 4.90 Å². The summed E-state index contributed by atoms with van der Waals surface area (Å²) in [5, 5.41) is 11.0. The summed E-state index contributed by atoms with van der Waals surface area (Å²) < 4.78 is 25.2. The lowest BCUT2D eigenvalue weighted by atomic mass is 10.1. The second kappa shape index (κ2) is 8.26. The first-order valence-electron chi connectivity index (χ1n) is 8.70. The third kappa shape index (κ3) is 5.15. The van der Waals surface area contributed by atoms with Gasteiger partial charge in [-0.1, -0.05) is 11.6 Å². The molecule has 154 valence electrons. The van der Waals surface area contributed by atoms with Crippen molar-refractivity contribution in [1.29, 1.82) is 0 Å². The van der Waals surface area contributed by atoms with Crippen molar-refractivity contribution in [2.24, 2.45) is 0 Å². The van der Waals surface area contributed by atoms with Crippen molar-refractivity contribution in [1.82, 2.24) is 4.90 Å². The number of nitrogens with zero attached hydrogens (tertiary/aromatic N) is 3. The SMILES string of the molecule is CS(=O)(=O)Nc1cc(C(=O)N2CCN(c3ccc([N+](=O)[O-])cc3)CC2)ccc1Cl. The van der Waals surface area contributed by atoms with E-state index in [1.165, 1.54) is 24.3 Å². The normalized spacial score (nSPS) is 14.6. The molecule has 2 aromatic carbocycles. The van der Waals surface area contributed by atoms with Crippen LogP contribution in [-0.2, 0) is 10.0 Å². The minimum atomic E-state index is -3.52. The Balaban J connectivity index is 1.67. The molecular weight excluding hydrogens is 420 g/mol. The molecule has 1 fully saturated rings. The summed E-state index contributed by atoms with van der Waals surface area (Å²) in [4.78, 5) is 26.8. The van der Waals surface area contributed by atoms with Crippen molar-refractivity contribution in [3.63, 3.8) is 0 Å². The molecule has 1 aliphatic rings. The summed E-state index contributed by atoms with van der Waals surface area (Å²) in [5.74, 6) is -0.221. The lowest BCUT2D eigenvalue weighted by molar-refractivity contribution is -0.384. The number of nitro benzene ring substituents is 1. The zero-order valence-corrected chi connectivity index (χ0v) is 17.1. The molecule has 0 unspecified atom stereocenters. The van der Waals surface area contributed by atoms with Gasteiger partial charge >= 0.3 is 0 Å². The fourth-order valence-corrected chi connectivity index (χ4v) is 3.86. The molecule has 0 radical (unpaired) electrons. The van der Waals surface area contributed by atoms with Gasteiger partial charge in [-0.2, -0.15) is 0 Å². The highest BCUT2D eigenvalue weighted by Gasteiger charge is 2.23. The van der Waals surface area contributed by atoms with E-state index < -0.39 is 14.9 Å². The van der Waals surface area contributed by atoms with Gasteiger partial charge in [-0.15, -0.1) is 0 Å². The number of halogens is 1. The van der Waals surface area contributed by atoms with E-state index in [1.54, 1.807) is 23.1 Å². The van der Waals surface area contributed by atoms with Crippen molar-refractivity contribution < 1.29 is 18.1 Å². The second-order valence-corrected chi connectivity index (χ2v) is 8.78. The largest absolute Gasteiger partial charge is 0.368 e. The van der Waals surface area contributed by atoms with Crippen molar-refractivity contribution in [2.75, 3.05) is 42.1 Å². The van der Waals surface area contributed by atoms with Crippen LogP contribution in [0.3, 0.4) is 0 Å². The summed E-state index contributed by atoms with van der Waals surface area (Å²) in [7, 11) is -3.52.